The van der Waals surface area contributed by atoms with Crippen molar-refractivity contribution in [2.75, 3.05) is 13.2 Å². The van der Waals surface area contributed by atoms with E-state index in [1.807, 2.05) is 0 Å². The molecular formula is C31H26N2O. The van der Waals surface area contributed by atoms with Crippen LogP contribution in [0.2, 0.25) is 0 Å². The summed E-state index contributed by atoms with van der Waals surface area (Å²) in [4.78, 5) is 0. The average Bonchev–Trinajstić information content (AvgIpc) is 3.40. The van der Waals surface area contributed by atoms with Crippen molar-refractivity contribution >= 4 is 32.7 Å². The van der Waals surface area contributed by atoms with E-state index >= 15 is 0 Å². The van der Waals surface area contributed by atoms with Crippen molar-refractivity contribution in [3.63, 3.8) is 0 Å². The van der Waals surface area contributed by atoms with Crippen molar-refractivity contribution < 1.29 is 4.74 Å². The molecule has 1 saturated heterocycles. The Morgan fingerprint density at radius 3 is 2.21 bits per heavy atom. The van der Waals surface area contributed by atoms with E-state index in [9.17, 15) is 0 Å². The Balaban J connectivity index is 1.49. The number of hydrogen-bond donors (Lipinski definition) is 0. The normalized spacial score (nSPS) is 15.2. The van der Waals surface area contributed by atoms with Crippen LogP contribution in [0.5, 0.6) is 0 Å². The second-order valence-electron chi connectivity index (χ2n) is 9.90. The van der Waals surface area contributed by atoms with Crippen LogP contribution in [-0.2, 0) is 11.3 Å². The quantitative estimate of drug-likeness (QED) is 0.278. The zero-order chi connectivity index (χ0) is 22.7. The Bertz CT molecular complexity index is 1670. The highest BCUT2D eigenvalue weighted by Crippen LogP contribution is 2.38. The van der Waals surface area contributed by atoms with Gasteiger partial charge in [0.2, 0.25) is 0 Å². The van der Waals surface area contributed by atoms with Crippen molar-refractivity contribution in [3.8, 4) is 16.9 Å². The first-order valence-corrected chi connectivity index (χ1v) is 12.0. The number of benzene rings is 4. The lowest BCUT2D eigenvalue weighted by Gasteiger charge is -2.38. The smallest absolute Gasteiger partial charge is 0.0559 e. The fraction of sp³-hybridized carbons (Fsp3) is 0.161. The van der Waals surface area contributed by atoms with Crippen LogP contribution in [-0.4, -0.2) is 22.3 Å². The van der Waals surface area contributed by atoms with E-state index in [1.165, 1.54) is 49.7 Å². The van der Waals surface area contributed by atoms with E-state index in [4.69, 9.17) is 4.74 Å². The Morgan fingerprint density at radius 2 is 1.41 bits per heavy atom. The molecule has 0 saturated carbocycles. The van der Waals surface area contributed by atoms with Crippen LogP contribution in [0.4, 0.5) is 0 Å². The molecule has 3 heteroatoms. The lowest BCUT2D eigenvalue weighted by molar-refractivity contribution is -0.109. The standard InChI is InChI=1S/C31H26N2O/c1-31(20-34-21-31)19-32-28-14-8-6-12-25(28)26-18-24(15-16-29(26)32)33-27-13-7-5-11-23(27)17-30(33)22-9-3-2-4-10-22/h2-18H,19-21H2,1H3. The first-order chi connectivity index (χ1) is 16.7. The predicted octanol–water partition coefficient (Wildman–Crippen LogP) is 7.44. The minimum atomic E-state index is 0.199. The second kappa shape index (κ2) is 7.34. The van der Waals surface area contributed by atoms with Crippen LogP contribution in [0.1, 0.15) is 6.92 Å². The third-order valence-electron chi connectivity index (χ3n) is 7.24. The van der Waals surface area contributed by atoms with Gasteiger partial charge in [0.15, 0.2) is 0 Å². The van der Waals surface area contributed by atoms with Crippen LogP contribution < -0.4 is 0 Å². The van der Waals surface area contributed by atoms with E-state index in [1.54, 1.807) is 0 Å². The Morgan fingerprint density at radius 1 is 0.706 bits per heavy atom. The minimum Gasteiger partial charge on any atom is -0.380 e. The molecule has 1 aliphatic heterocycles. The van der Waals surface area contributed by atoms with Crippen molar-refractivity contribution in [3.05, 3.63) is 103 Å². The fourth-order valence-electron chi connectivity index (χ4n) is 5.53. The van der Waals surface area contributed by atoms with Gasteiger partial charge in [0, 0.05) is 44.8 Å². The molecule has 4 aromatic carbocycles. The molecule has 0 aliphatic carbocycles. The average molecular weight is 443 g/mol. The molecule has 0 spiro atoms. The molecule has 0 unspecified atom stereocenters. The van der Waals surface area contributed by atoms with Gasteiger partial charge in [-0.05, 0) is 42.0 Å². The number of nitrogens with zero attached hydrogens (tertiary/aromatic N) is 2. The lowest BCUT2D eigenvalue weighted by atomic mass is 9.88. The van der Waals surface area contributed by atoms with Crippen LogP contribution in [0.3, 0.4) is 0 Å². The summed E-state index contributed by atoms with van der Waals surface area (Å²) in [6.45, 7) is 4.95. The first-order valence-electron chi connectivity index (χ1n) is 12.0. The summed E-state index contributed by atoms with van der Waals surface area (Å²) in [6.07, 6.45) is 0. The molecule has 7 rings (SSSR count). The Hall–Kier alpha value is -3.82. The molecule has 0 amide bonds. The molecule has 0 N–H and O–H groups in total. The maximum absolute atomic E-state index is 5.56. The molecule has 1 aliphatic rings. The van der Waals surface area contributed by atoms with Crippen molar-refractivity contribution in [2.24, 2.45) is 5.41 Å². The largest absolute Gasteiger partial charge is 0.380 e. The third kappa shape index (κ3) is 2.94. The maximum Gasteiger partial charge on any atom is 0.0559 e. The predicted molar refractivity (Wildman–Crippen MR) is 141 cm³/mol. The second-order valence-corrected chi connectivity index (χ2v) is 9.90. The number of aromatic nitrogens is 2. The molecule has 3 nitrogen and oxygen atoms in total. The molecule has 0 radical (unpaired) electrons. The zero-order valence-electron chi connectivity index (χ0n) is 19.2. The molecule has 3 heterocycles. The van der Waals surface area contributed by atoms with Gasteiger partial charge < -0.3 is 13.9 Å². The van der Waals surface area contributed by atoms with Gasteiger partial charge in [-0.15, -0.1) is 0 Å². The van der Waals surface area contributed by atoms with E-state index in [0.29, 0.717) is 0 Å². The summed E-state index contributed by atoms with van der Waals surface area (Å²) in [5.41, 5.74) is 7.63. The van der Waals surface area contributed by atoms with Crippen molar-refractivity contribution in [1.29, 1.82) is 0 Å². The summed E-state index contributed by atoms with van der Waals surface area (Å²) in [5.74, 6) is 0. The molecule has 0 bridgehead atoms. The summed E-state index contributed by atoms with van der Waals surface area (Å²) in [7, 11) is 0. The van der Waals surface area contributed by atoms with E-state index in [2.05, 4.69) is 119 Å². The molecule has 166 valence electrons. The Labute approximate surface area is 198 Å². The monoisotopic (exact) mass is 442 g/mol. The topological polar surface area (TPSA) is 19.1 Å². The highest BCUT2D eigenvalue weighted by atomic mass is 16.5. The first kappa shape index (κ1) is 19.6. The molecule has 6 aromatic rings. The van der Waals surface area contributed by atoms with Crippen molar-refractivity contribution in [1.82, 2.24) is 9.13 Å². The highest BCUT2D eigenvalue weighted by molar-refractivity contribution is 6.09. The van der Waals surface area contributed by atoms with Gasteiger partial charge in [-0.2, -0.15) is 0 Å². The molecule has 0 atom stereocenters. The number of fused-ring (bicyclic) bond motifs is 4. The number of ether oxygens (including phenoxy) is 1. The Kier molecular flexibility index (Phi) is 4.24. The SMILES string of the molecule is CC1(Cn2c3ccccc3c3cc(-n4c(-c5ccccc5)cc5ccccc54)ccc32)COC1. The third-order valence-corrected chi connectivity index (χ3v) is 7.24. The van der Waals surface area contributed by atoms with Crippen LogP contribution in [0.25, 0.3) is 49.7 Å². The molecule has 1 fully saturated rings. The highest BCUT2D eigenvalue weighted by Gasteiger charge is 2.34. The zero-order valence-corrected chi connectivity index (χ0v) is 19.2. The summed E-state index contributed by atoms with van der Waals surface area (Å²) < 4.78 is 10.4. The van der Waals surface area contributed by atoms with Gasteiger partial charge >= 0.3 is 0 Å². The molecule has 2 aromatic heterocycles. The van der Waals surface area contributed by atoms with Gasteiger partial charge in [-0.1, -0.05) is 73.7 Å². The van der Waals surface area contributed by atoms with E-state index in [0.717, 1.165) is 19.8 Å². The molecule has 34 heavy (non-hydrogen) atoms. The van der Waals surface area contributed by atoms with Crippen molar-refractivity contribution in [2.45, 2.75) is 13.5 Å². The number of hydrogen-bond acceptors (Lipinski definition) is 1. The fourth-order valence-corrected chi connectivity index (χ4v) is 5.53. The lowest BCUT2D eigenvalue weighted by Crippen LogP contribution is -2.43. The number of para-hydroxylation sites is 2. The van der Waals surface area contributed by atoms with Gasteiger partial charge in [-0.25, -0.2) is 0 Å². The number of rotatable bonds is 4. The minimum absolute atomic E-state index is 0.199. The van der Waals surface area contributed by atoms with Crippen LogP contribution >= 0.6 is 0 Å². The van der Waals surface area contributed by atoms with Gasteiger partial charge in [0.1, 0.15) is 0 Å². The van der Waals surface area contributed by atoms with Gasteiger partial charge in [0.25, 0.3) is 0 Å². The summed E-state index contributed by atoms with van der Waals surface area (Å²) >= 11 is 0. The maximum atomic E-state index is 5.56. The van der Waals surface area contributed by atoms with Crippen LogP contribution in [0.15, 0.2) is 103 Å². The van der Waals surface area contributed by atoms with Crippen LogP contribution in [0, 0.1) is 5.41 Å². The van der Waals surface area contributed by atoms with Gasteiger partial charge in [0.05, 0.1) is 24.4 Å². The van der Waals surface area contributed by atoms with Gasteiger partial charge in [-0.3, -0.25) is 0 Å². The van der Waals surface area contributed by atoms with E-state index < -0.39 is 0 Å². The summed E-state index contributed by atoms with van der Waals surface area (Å²) in [6, 6.07) is 37.4. The summed E-state index contributed by atoms with van der Waals surface area (Å²) in [5, 5.41) is 3.86. The molecular weight excluding hydrogens is 416 g/mol. The van der Waals surface area contributed by atoms with E-state index in [-0.39, 0.29) is 5.41 Å².